The van der Waals surface area contributed by atoms with Crippen molar-refractivity contribution < 1.29 is 18.4 Å². The van der Waals surface area contributed by atoms with E-state index >= 15 is 0 Å². The zero-order valence-corrected chi connectivity index (χ0v) is 16.9. The molecule has 0 saturated heterocycles. The molecule has 9 nitrogen and oxygen atoms in total. The number of H-pyrrole nitrogens is 1. The number of aldehydes is 1. The van der Waals surface area contributed by atoms with Crippen LogP contribution in [0.4, 0.5) is 19.3 Å². The van der Waals surface area contributed by atoms with Crippen molar-refractivity contribution in [3.63, 3.8) is 0 Å². The van der Waals surface area contributed by atoms with Crippen LogP contribution in [0.2, 0.25) is 0 Å². The average molecular weight is 522 g/mol. The number of halogens is 4. The van der Waals surface area contributed by atoms with Crippen molar-refractivity contribution in [3.8, 4) is 0 Å². The van der Waals surface area contributed by atoms with Crippen molar-refractivity contribution in [1.82, 2.24) is 15.0 Å². The van der Waals surface area contributed by atoms with Crippen LogP contribution in [-0.4, -0.2) is 27.3 Å². The van der Waals surface area contributed by atoms with Crippen LogP contribution in [0.1, 0.15) is 10.4 Å². The van der Waals surface area contributed by atoms with Gasteiger partial charge in [-0.3, -0.25) is 9.78 Å². The number of nitrogens with one attached hydrogen (secondary N) is 1. The molecule has 0 fully saturated rings. The van der Waals surface area contributed by atoms with E-state index in [0.717, 1.165) is 6.20 Å². The smallest absolute Gasteiger partial charge is 0.346 e. The van der Waals surface area contributed by atoms with Crippen LogP contribution in [0.25, 0.3) is 11.0 Å². The van der Waals surface area contributed by atoms with Gasteiger partial charge in [0.25, 0.3) is 0 Å². The lowest BCUT2D eigenvalue weighted by Crippen LogP contribution is -2.18. The molecule has 13 heteroatoms. The highest BCUT2D eigenvalue weighted by atomic mass is 79.9. The second kappa shape index (κ2) is 10.4. The number of aromatic nitrogens is 3. The summed E-state index contributed by atoms with van der Waals surface area (Å²) < 4.78 is 26.7. The molecule has 28 heavy (non-hydrogen) atoms. The number of hydrogen-bond donors (Lipinski definition) is 4. The van der Waals surface area contributed by atoms with E-state index in [9.17, 15) is 18.4 Å². The van der Waals surface area contributed by atoms with Gasteiger partial charge in [-0.2, -0.15) is 0 Å². The number of hydrogen-bond acceptors (Lipinski definition) is 6. The molecule has 0 saturated carbocycles. The number of nitrogens with two attached hydrogens (primary N) is 3. The third-order valence-electron chi connectivity index (χ3n) is 2.83. The number of nitrogens with zero attached hydrogens (tertiary/aromatic N) is 2. The summed E-state index contributed by atoms with van der Waals surface area (Å²) in [6, 6.07) is 2.09. The summed E-state index contributed by atoms with van der Waals surface area (Å²) in [4.78, 5) is 39.5. The number of fused-ring (bicyclic) bond motifs is 1. The van der Waals surface area contributed by atoms with E-state index in [1.54, 1.807) is 0 Å². The summed E-state index contributed by atoms with van der Waals surface area (Å²) in [6.45, 7) is 0. The lowest BCUT2D eigenvalue weighted by Gasteiger charge is -2.00. The van der Waals surface area contributed by atoms with E-state index in [2.05, 4.69) is 58.3 Å². The molecule has 2 amide bonds. The number of anilines is 1. The van der Waals surface area contributed by atoms with Gasteiger partial charge in [0.2, 0.25) is 0 Å². The minimum atomic E-state index is -0.833. The van der Waals surface area contributed by atoms with Gasteiger partial charge < -0.3 is 17.2 Å². The number of amides is 2. The highest BCUT2D eigenvalue weighted by molar-refractivity contribution is 9.10. The van der Waals surface area contributed by atoms with Crippen LogP contribution in [0, 0.1) is 11.6 Å². The van der Waals surface area contributed by atoms with E-state index in [0.29, 0.717) is 6.29 Å². The second-order valence-electron chi connectivity index (χ2n) is 4.76. The van der Waals surface area contributed by atoms with Crippen LogP contribution in [0.15, 0.2) is 38.3 Å². The van der Waals surface area contributed by atoms with E-state index < -0.39 is 23.4 Å². The molecule has 0 aliphatic heterocycles. The highest BCUT2D eigenvalue weighted by Crippen LogP contribution is 2.22. The maximum Gasteiger partial charge on any atom is 0.346 e. The molecule has 2 heterocycles. The van der Waals surface area contributed by atoms with Gasteiger partial charge in [-0.25, -0.2) is 28.3 Å². The maximum atomic E-state index is 13.3. The van der Waals surface area contributed by atoms with Crippen LogP contribution in [-0.2, 0) is 0 Å². The number of primary amides is 2. The van der Waals surface area contributed by atoms with E-state index in [1.165, 1.54) is 18.3 Å². The largest absolute Gasteiger partial charge is 0.398 e. The number of carbonyl (C=O) groups excluding carboxylic acids is 2. The fourth-order valence-electron chi connectivity index (χ4n) is 1.66. The Hall–Kier alpha value is -2.93. The molecule has 1 aromatic carbocycles. The Morgan fingerprint density at radius 1 is 1.07 bits per heavy atom. The average Bonchev–Trinajstić information content (AvgIpc) is 2.62. The lowest BCUT2D eigenvalue weighted by atomic mass is 10.2. The Balaban J connectivity index is 0.000000239. The molecule has 0 spiro atoms. The third kappa shape index (κ3) is 6.35. The van der Waals surface area contributed by atoms with Crippen molar-refractivity contribution >= 4 is 60.9 Å². The first-order chi connectivity index (χ1) is 13.1. The summed E-state index contributed by atoms with van der Waals surface area (Å²) in [6.07, 6.45) is 2.84. The monoisotopic (exact) mass is 520 g/mol. The highest BCUT2D eigenvalue weighted by Gasteiger charge is 2.08. The number of carbonyl (C=O) groups is 2. The van der Waals surface area contributed by atoms with Gasteiger partial charge in [-0.1, -0.05) is 0 Å². The first-order valence-corrected chi connectivity index (χ1v) is 8.59. The molecule has 3 aromatic rings. The molecular formula is C15H12Br2F2N6O3. The van der Waals surface area contributed by atoms with Crippen LogP contribution >= 0.6 is 31.9 Å². The SMILES string of the molecule is NC(N)=O.Nc1ccc(Br)c(F)c1C=O.O=c1ncc2c(F)c(Br)cnc2[nH]1. The Morgan fingerprint density at radius 3 is 2.21 bits per heavy atom. The molecular weight excluding hydrogens is 510 g/mol. The molecule has 148 valence electrons. The lowest BCUT2D eigenvalue weighted by molar-refractivity contribution is 0.112. The Kier molecular flexibility index (Phi) is 8.60. The first-order valence-electron chi connectivity index (χ1n) is 7.01. The van der Waals surface area contributed by atoms with Crippen LogP contribution in [0.3, 0.4) is 0 Å². The Bertz CT molecular complexity index is 1070. The predicted octanol–water partition coefficient (Wildman–Crippen LogP) is 2.23. The van der Waals surface area contributed by atoms with Crippen molar-refractivity contribution in [2.24, 2.45) is 11.5 Å². The summed E-state index contributed by atoms with van der Waals surface area (Å²) in [7, 11) is 0. The Morgan fingerprint density at radius 2 is 1.68 bits per heavy atom. The van der Waals surface area contributed by atoms with Gasteiger partial charge >= 0.3 is 11.7 Å². The van der Waals surface area contributed by atoms with Gasteiger partial charge in [0.05, 0.1) is 19.9 Å². The molecule has 2 aromatic heterocycles. The fraction of sp³-hybridized carbons (Fsp3) is 0. The molecule has 0 unspecified atom stereocenters. The number of nitrogen functional groups attached to an aromatic ring is 1. The van der Waals surface area contributed by atoms with Crippen LogP contribution in [0.5, 0.6) is 0 Å². The molecule has 0 aliphatic rings. The first kappa shape index (κ1) is 23.1. The zero-order chi connectivity index (χ0) is 21.4. The molecule has 0 atom stereocenters. The van der Waals surface area contributed by atoms with Crippen molar-refractivity contribution in [2.75, 3.05) is 5.73 Å². The van der Waals surface area contributed by atoms with Gasteiger partial charge in [-0.05, 0) is 44.0 Å². The summed E-state index contributed by atoms with van der Waals surface area (Å²) in [5.41, 5.74) is 13.5. The number of aromatic amines is 1. The predicted molar refractivity (Wildman–Crippen MR) is 105 cm³/mol. The maximum absolute atomic E-state index is 13.3. The molecule has 3 rings (SSSR count). The quantitative estimate of drug-likeness (QED) is 0.282. The topological polar surface area (TPSA) is 171 Å². The van der Waals surface area contributed by atoms with E-state index in [1.807, 2.05) is 0 Å². The Labute approximate surface area is 172 Å². The van der Waals surface area contributed by atoms with Crippen molar-refractivity contribution in [1.29, 1.82) is 0 Å². The minimum absolute atomic E-state index is 0.0978. The van der Waals surface area contributed by atoms with Crippen LogP contribution < -0.4 is 22.9 Å². The standard InChI is InChI=1S/C7H3BrFN3O.C7H5BrFNO.CH4N2O/c8-4-2-10-6-3(5(4)9)1-11-7(13)12-6;8-5-1-2-6(10)4(3-11)7(5)9;2-1(3)4/h1-2H,(H,10,11,12,13);1-3H,10H2;(H4,2,3,4). The van der Waals surface area contributed by atoms with Gasteiger partial charge in [0.15, 0.2) is 12.1 Å². The van der Waals surface area contributed by atoms with Gasteiger partial charge in [0, 0.05) is 18.1 Å². The van der Waals surface area contributed by atoms with Crippen molar-refractivity contribution in [3.05, 3.63) is 61.2 Å². The third-order valence-corrected chi connectivity index (χ3v) is 3.99. The fourth-order valence-corrected chi connectivity index (χ4v) is 2.32. The summed E-state index contributed by atoms with van der Waals surface area (Å²) in [5, 5.41) is 0.189. The zero-order valence-electron chi connectivity index (χ0n) is 13.7. The van der Waals surface area contributed by atoms with Gasteiger partial charge in [-0.15, -0.1) is 0 Å². The molecule has 0 aliphatic carbocycles. The van der Waals surface area contributed by atoms with E-state index in [4.69, 9.17) is 10.5 Å². The summed E-state index contributed by atoms with van der Waals surface area (Å²) in [5.74, 6) is -1.09. The summed E-state index contributed by atoms with van der Waals surface area (Å²) >= 11 is 5.91. The van der Waals surface area contributed by atoms with E-state index in [-0.39, 0.29) is 31.2 Å². The molecule has 7 N–H and O–H groups in total. The normalized spacial score (nSPS) is 9.57. The number of rotatable bonds is 1. The molecule has 0 radical (unpaired) electrons. The number of urea groups is 1. The van der Waals surface area contributed by atoms with Gasteiger partial charge in [0.1, 0.15) is 11.5 Å². The second-order valence-corrected chi connectivity index (χ2v) is 6.46. The number of pyridine rings is 1. The number of benzene rings is 1. The minimum Gasteiger partial charge on any atom is -0.398 e. The molecule has 0 bridgehead atoms. The van der Waals surface area contributed by atoms with Crippen molar-refractivity contribution in [2.45, 2.75) is 0 Å².